The van der Waals surface area contributed by atoms with Gasteiger partial charge in [0.05, 0.1) is 22.5 Å². The van der Waals surface area contributed by atoms with Gasteiger partial charge < -0.3 is 20.4 Å². The van der Waals surface area contributed by atoms with Crippen LogP contribution in [0.4, 0.5) is 0 Å². The summed E-state index contributed by atoms with van der Waals surface area (Å²) in [6.45, 7) is -0.229. The molecule has 4 N–H and O–H groups in total. The molecule has 0 aliphatic carbocycles. The average molecular weight is 212 g/mol. The molecule has 1 saturated heterocycles. The normalized spacial score (nSPS) is 49.2. The first kappa shape index (κ1) is 10.6. The fraction of sp³-hybridized carbons (Fsp3) is 1.00. The summed E-state index contributed by atoms with van der Waals surface area (Å²) in [5, 5.41) is 36.1. The van der Waals surface area contributed by atoms with E-state index in [1.54, 1.807) is 0 Å². The van der Waals surface area contributed by atoms with Crippen molar-refractivity contribution < 1.29 is 20.4 Å². The fourth-order valence-electron chi connectivity index (χ4n) is 1.08. The molecule has 6 heteroatoms. The van der Waals surface area contributed by atoms with Gasteiger partial charge in [0.15, 0.2) is 0 Å². The molecular formula is C6H12O4S2. The number of aliphatic hydroxyl groups is 4. The predicted molar refractivity (Wildman–Crippen MR) is 49.3 cm³/mol. The predicted octanol–water partition coefficient (Wildman–Crippen LogP) is -1.57. The first-order chi connectivity index (χ1) is 5.57. The van der Waals surface area contributed by atoms with Crippen LogP contribution >= 0.6 is 24.4 Å². The van der Waals surface area contributed by atoms with Gasteiger partial charge in [-0.2, -0.15) is 12.6 Å². The third-order valence-corrected chi connectivity index (χ3v) is 3.87. The zero-order valence-electron chi connectivity index (χ0n) is 6.24. The van der Waals surface area contributed by atoms with Gasteiger partial charge in [-0.05, 0) is 0 Å². The minimum absolute atomic E-state index is 0.229. The van der Waals surface area contributed by atoms with E-state index in [4.69, 9.17) is 5.11 Å². The van der Waals surface area contributed by atoms with Crippen LogP contribution in [-0.4, -0.2) is 55.2 Å². The molecule has 1 aliphatic heterocycles. The Kier molecular flexibility index (Phi) is 3.69. The van der Waals surface area contributed by atoms with Crippen molar-refractivity contribution in [2.75, 3.05) is 6.61 Å². The highest BCUT2D eigenvalue weighted by atomic mass is 32.2. The molecular weight excluding hydrogens is 200 g/mol. The third kappa shape index (κ3) is 1.89. The van der Waals surface area contributed by atoms with Crippen molar-refractivity contribution in [3.63, 3.8) is 0 Å². The largest absolute Gasteiger partial charge is 0.395 e. The Morgan fingerprint density at radius 2 is 1.67 bits per heavy atom. The number of hydrogen-bond acceptors (Lipinski definition) is 6. The molecule has 1 fully saturated rings. The molecule has 4 nitrogen and oxygen atoms in total. The summed E-state index contributed by atoms with van der Waals surface area (Å²) < 4.78 is -0.458. The lowest BCUT2D eigenvalue weighted by Crippen LogP contribution is -2.52. The van der Waals surface area contributed by atoms with E-state index in [1.165, 1.54) is 0 Å². The number of thioether (sulfide) groups is 1. The monoisotopic (exact) mass is 212 g/mol. The van der Waals surface area contributed by atoms with Gasteiger partial charge in [-0.3, -0.25) is 0 Å². The van der Waals surface area contributed by atoms with E-state index < -0.39 is 28.1 Å². The van der Waals surface area contributed by atoms with E-state index in [0.29, 0.717) is 0 Å². The van der Waals surface area contributed by atoms with Crippen LogP contribution in [0.3, 0.4) is 0 Å². The van der Waals surface area contributed by atoms with Gasteiger partial charge in [0.2, 0.25) is 0 Å². The first-order valence-electron chi connectivity index (χ1n) is 3.56. The lowest BCUT2D eigenvalue weighted by atomic mass is 10.1. The fourth-order valence-corrected chi connectivity index (χ4v) is 2.82. The second-order valence-corrected chi connectivity index (χ2v) is 5.01. The molecule has 0 aromatic carbocycles. The molecule has 0 aromatic rings. The maximum Gasteiger partial charge on any atom is 0.109 e. The summed E-state index contributed by atoms with van der Waals surface area (Å²) in [6, 6.07) is 0. The summed E-state index contributed by atoms with van der Waals surface area (Å²) in [4.78, 5) is 0. The van der Waals surface area contributed by atoms with Crippen LogP contribution in [-0.2, 0) is 0 Å². The van der Waals surface area contributed by atoms with Crippen LogP contribution in [0.5, 0.6) is 0 Å². The number of aliphatic hydroxyl groups excluding tert-OH is 4. The summed E-state index contributed by atoms with van der Waals surface area (Å²) in [6.07, 6.45) is -3.35. The topological polar surface area (TPSA) is 80.9 Å². The second-order valence-electron chi connectivity index (χ2n) is 2.72. The molecule has 0 aromatic heterocycles. The summed E-state index contributed by atoms with van der Waals surface area (Å²) in [5.74, 6) is 0. The standard InChI is InChI=1S/C6H12O4S2/c7-1-2-3(8)4(9)5(10)6(11)12-2/h2-11H,1H2/t2-,3-,4+,5-,6+/m0/s1. The Morgan fingerprint density at radius 3 is 2.17 bits per heavy atom. The van der Waals surface area contributed by atoms with Crippen LogP contribution in [0.25, 0.3) is 0 Å². The van der Waals surface area contributed by atoms with Gasteiger partial charge in [-0.15, -0.1) is 11.8 Å². The molecule has 12 heavy (non-hydrogen) atoms. The smallest absolute Gasteiger partial charge is 0.109 e. The molecule has 0 unspecified atom stereocenters. The average Bonchev–Trinajstić information content (AvgIpc) is 2.08. The van der Waals surface area contributed by atoms with Gasteiger partial charge in [-0.25, -0.2) is 0 Å². The Bertz CT molecular complexity index is 152. The number of rotatable bonds is 1. The Balaban J connectivity index is 2.63. The van der Waals surface area contributed by atoms with Crippen molar-refractivity contribution in [3.8, 4) is 0 Å². The van der Waals surface area contributed by atoms with Crippen molar-refractivity contribution >= 4 is 24.4 Å². The minimum Gasteiger partial charge on any atom is -0.395 e. The Morgan fingerprint density at radius 1 is 1.08 bits per heavy atom. The molecule has 1 aliphatic rings. The van der Waals surface area contributed by atoms with E-state index >= 15 is 0 Å². The van der Waals surface area contributed by atoms with E-state index in [0.717, 1.165) is 11.8 Å². The molecule has 1 heterocycles. The highest BCUT2D eigenvalue weighted by Gasteiger charge is 2.41. The molecule has 1 rings (SSSR count). The molecule has 0 radical (unpaired) electrons. The molecule has 0 saturated carbocycles. The van der Waals surface area contributed by atoms with Gasteiger partial charge in [0, 0.05) is 0 Å². The first-order valence-corrected chi connectivity index (χ1v) is 5.02. The summed E-state index contributed by atoms with van der Waals surface area (Å²) >= 11 is 5.16. The number of hydrogen-bond donors (Lipinski definition) is 5. The summed E-state index contributed by atoms with van der Waals surface area (Å²) in [5.41, 5.74) is 0. The molecule has 0 bridgehead atoms. The highest BCUT2D eigenvalue weighted by Crippen LogP contribution is 2.34. The van der Waals surface area contributed by atoms with Gasteiger partial charge in [0.1, 0.15) is 12.2 Å². The van der Waals surface area contributed by atoms with Crippen LogP contribution in [0.15, 0.2) is 0 Å². The van der Waals surface area contributed by atoms with E-state index in [1.807, 2.05) is 0 Å². The molecule has 0 amide bonds. The van der Waals surface area contributed by atoms with Crippen molar-refractivity contribution in [1.29, 1.82) is 0 Å². The van der Waals surface area contributed by atoms with E-state index in [-0.39, 0.29) is 6.61 Å². The van der Waals surface area contributed by atoms with E-state index in [9.17, 15) is 15.3 Å². The van der Waals surface area contributed by atoms with Crippen LogP contribution in [0.2, 0.25) is 0 Å². The zero-order valence-corrected chi connectivity index (χ0v) is 7.95. The lowest BCUT2D eigenvalue weighted by Gasteiger charge is -2.37. The van der Waals surface area contributed by atoms with Crippen molar-refractivity contribution in [2.24, 2.45) is 0 Å². The zero-order chi connectivity index (χ0) is 9.30. The lowest BCUT2D eigenvalue weighted by molar-refractivity contribution is -0.0623. The summed E-state index contributed by atoms with van der Waals surface area (Å²) in [7, 11) is 0. The second kappa shape index (κ2) is 4.17. The van der Waals surface area contributed by atoms with Crippen molar-refractivity contribution in [2.45, 2.75) is 28.1 Å². The quantitative estimate of drug-likeness (QED) is 0.339. The van der Waals surface area contributed by atoms with Crippen molar-refractivity contribution in [1.82, 2.24) is 0 Å². The molecule has 72 valence electrons. The van der Waals surface area contributed by atoms with Gasteiger partial charge in [0.25, 0.3) is 0 Å². The van der Waals surface area contributed by atoms with Gasteiger partial charge >= 0.3 is 0 Å². The van der Waals surface area contributed by atoms with Crippen molar-refractivity contribution in [3.05, 3.63) is 0 Å². The van der Waals surface area contributed by atoms with Crippen LogP contribution in [0, 0.1) is 0 Å². The third-order valence-electron chi connectivity index (χ3n) is 1.87. The molecule has 0 spiro atoms. The van der Waals surface area contributed by atoms with E-state index in [2.05, 4.69) is 12.6 Å². The molecule has 5 atom stereocenters. The maximum atomic E-state index is 9.30. The maximum absolute atomic E-state index is 9.30. The SMILES string of the molecule is OC[C@@H]1S[C@@H](S)[C@@H](O)[C@H](O)[C@H]1O. The number of thiol groups is 1. The Labute approximate surface area is 80.0 Å². The highest BCUT2D eigenvalue weighted by molar-refractivity contribution is 8.10. The minimum atomic E-state index is -1.22. The van der Waals surface area contributed by atoms with Crippen LogP contribution < -0.4 is 0 Å². The Hall–Kier alpha value is 0.540. The van der Waals surface area contributed by atoms with Gasteiger partial charge in [-0.1, -0.05) is 0 Å². The van der Waals surface area contributed by atoms with Crippen LogP contribution in [0.1, 0.15) is 0 Å².